The van der Waals surface area contributed by atoms with Crippen LogP contribution in [0.4, 0.5) is 5.69 Å². The Morgan fingerprint density at radius 3 is 2.63 bits per heavy atom. The first-order chi connectivity index (χ1) is 13.2. The summed E-state index contributed by atoms with van der Waals surface area (Å²) in [4.78, 5) is 18.1. The van der Waals surface area contributed by atoms with E-state index in [4.69, 9.17) is 4.42 Å². The maximum absolute atomic E-state index is 13.1. The van der Waals surface area contributed by atoms with Crippen LogP contribution in [0.25, 0.3) is 10.9 Å². The number of benzene rings is 2. The van der Waals surface area contributed by atoms with E-state index < -0.39 is 0 Å². The van der Waals surface area contributed by atoms with E-state index in [0.717, 1.165) is 17.0 Å². The molecular formula is C23H22N2O2. The van der Waals surface area contributed by atoms with Crippen LogP contribution in [0.15, 0.2) is 77.5 Å². The summed E-state index contributed by atoms with van der Waals surface area (Å²) in [6.45, 7) is 2.47. The topological polar surface area (TPSA) is 49.2 Å². The predicted molar refractivity (Wildman–Crippen MR) is 108 cm³/mol. The van der Waals surface area contributed by atoms with Crippen LogP contribution in [-0.2, 0) is 17.8 Å². The number of aromatic amines is 1. The number of nitrogens with one attached hydrogen (secondary N) is 1. The van der Waals surface area contributed by atoms with Crippen molar-refractivity contribution in [3.8, 4) is 0 Å². The van der Waals surface area contributed by atoms with Gasteiger partial charge in [0.2, 0.25) is 5.91 Å². The number of amides is 1. The zero-order valence-electron chi connectivity index (χ0n) is 15.3. The predicted octanol–water partition coefficient (Wildman–Crippen LogP) is 5.24. The number of hydrogen-bond acceptors (Lipinski definition) is 2. The molecule has 0 aliphatic rings. The van der Waals surface area contributed by atoms with Crippen LogP contribution < -0.4 is 4.90 Å². The van der Waals surface area contributed by atoms with Gasteiger partial charge in [-0.2, -0.15) is 0 Å². The third-order valence-corrected chi connectivity index (χ3v) is 4.82. The number of furan rings is 1. The molecule has 0 radical (unpaired) electrons. The molecule has 2 heterocycles. The van der Waals surface area contributed by atoms with Gasteiger partial charge in [-0.3, -0.25) is 4.79 Å². The summed E-state index contributed by atoms with van der Waals surface area (Å²) in [5, 5.41) is 1.18. The minimum Gasteiger partial charge on any atom is -0.467 e. The van der Waals surface area contributed by atoms with Gasteiger partial charge in [-0.1, -0.05) is 35.9 Å². The summed E-state index contributed by atoms with van der Waals surface area (Å²) in [5.41, 5.74) is 4.33. The van der Waals surface area contributed by atoms with Gasteiger partial charge in [-0.25, -0.2) is 0 Å². The molecule has 2 aromatic carbocycles. The van der Waals surface area contributed by atoms with Crippen molar-refractivity contribution in [1.82, 2.24) is 4.98 Å². The van der Waals surface area contributed by atoms with E-state index in [1.165, 1.54) is 16.5 Å². The Morgan fingerprint density at radius 2 is 1.85 bits per heavy atom. The maximum atomic E-state index is 13.1. The molecule has 4 nitrogen and oxygen atoms in total. The van der Waals surface area contributed by atoms with Crippen molar-refractivity contribution in [2.24, 2.45) is 0 Å². The molecule has 0 atom stereocenters. The van der Waals surface area contributed by atoms with Crippen molar-refractivity contribution >= 4 is 22.5 Å². The fourth-order valence-electron chi connectivity index (χ4n) is 3.32. The van der Waals surface area contributed by atoms with E-state index >= 15 is 0 Å². The van der Waals surface area contributed by atoms with Crippen molar-refractivity contribution < 1.29 is 9.21 Å². The van der Waals surface area contributed by atoms with E-state index in [2.05, 4.69) is 17.1 Å². The zero-order chi connectivity index (χ0) is 18.6. The molecule has 0 saturated heterocycles. The fourth-order valence-corrected chi connectivity index (χ4v) is 3.32. The van der Waals surface area contributed by atoms with Crippen LogP contribution in [-0.4, -0.2) is 10.9 Å². The fraction of sp³-hybridized carbons (Fsp3) is 0.174. The second-order valence-electron chi connectivity index (χ2n) is 6.75. The van der Waals surface area contributed by atoms with Gasteiger partial charge in [0.1, 0.15) is 5.76 Å². The van der Waals surface area contributed by atoms with Crippen molar-refractivity contribution in [1.29, 1.82) is 0 Å². The van der Waals surface area contributed by atoms with E-state index in [-0.39, 0.29) is 5.91 Å². The Kier molecular flexibility index (Phi) is 4.79. The van der Waals surface area contributed by atoms with E-state index in [0.29, 0.717) is 19.4 Å². The number of carbonyl (C=O) groups is 1. The van der Waals surface area contributed by atoms with Gasteiger partial charge >= 0.3 is 0 Å². The van der Waals surface area contributed by atoms with Crippen LogP contribution in [0.1, 0.15) is 23.3 Å². The molecule has 1 N–H and O–H groups in total. The molecule has 0 saturated carbocycles. The van der Waals surface area contributed by atoms with Crippen LogP contribution >= 0.6 is 0 Å². The van der Waals surface area contributed by atoms with Crippen molar-refractivity contribution in [2.45, 2.75) is 26.3 Å². The molecule has 136 valence electrons. The molecule has 4 rings (SSSR count). The summed E-state index contributed by atoms with van der Waals surface area (Å²) in [7, 11) is 0. The second-order valence-corrected chi connectivity index (χ2v) is 6.75. The highest BCUT2D eigenvalue weighted by molar-refractivity contribution is 5.94. The molecule has 2 aromatic heterocycles. The van der Waals surface area contributed by atoms with Gasteiger partial charge in [0.05, 0.1) is 12.8 Å². The number of nitrogens with zero attached hydrogens (tertiary/aromatic N) is 1. The molecule has 0 spiro atoms. The molecule has 1 amide bonds. The first kappa shape index (κ1) is 17.2. The van der Waals surface area contributed by atoms with Gasteiger partial charge in [-0.15, -0.1) is 0 Å². The van der Waals surface area contributed by atoms with Crippen molar-refractivity contribution in [3.05, 3.63) is 90.0 Å². The van der Waals surface area contributed by atoms with E-state index in [9.17, 15) is 4.79 Å². The standard InChI is InChI=1S/C23H22N2O2/c1-17-8-11-19(12-9-17)25(16-20-5-4-14-27-20)23(26)13-10-18-15-24-22-7-3-2-6-21(18)22/h2-9,11-12,14-15,24H,10,13,16H2,1H3. The number of aryl methyl sites for hydroxylation is 2. The lowest BCUT2D eigenvalue weighted by Gasteiger charge is -2.22. The highest BCUT2D eigenvalue weighted by Gasteiger charge is 2.18. The summed E-state index contributed by atoms with van der Waals surface area (Å²) < 4.78 is 5.47. The van der Waals surface area contributed by atoms with Crippen molar-refractivity contribution in [3.63, 3.8) is 0 Å². The van der Waals surface area contributed by atoms with Crippen LogP contribution in [0.3, 0.4) is 0 Å². The minimum atomic E-state index is 0.0838. The third-order valence-electron chi connectivity index (χ3n) is 4.82. The first-order valence-corrected chi connectivity index (χ1v) is 9.15. The molecule has 27 heavy (non-hydrogen) atoms. The minimum absolute atomic E-state index is 0.0838. The number of hydrogen-bond donors (Lipinski definition) is 1. The normalized spacial score (nSPS) is 11.0. The number of carbonyl (C=O) groups excluding carboxylic acids is 1. The highest BCUT2D eigenvalue weighted by Crippen LogP contribution is 2.22. The second kappa shape index (κ2) is 7.54. The van der Waals surface area contributed by atoms with Gasteiger partial charge in [0, 0.05) is 29.2 Å². The van der Waals surface area contributed by atoms with E-state index in [1.54, 1.807) is 11.2 Å². The number of anilines is 1. The smallest absolute Gasteiger partial charge is 0.227 e. The quantitative estimate of drug-likeness (QED) is 0.513. The Labute approximate surface area is 158 Å². The monoisotopic (exact) mass is 358 g/mol. The molecule has 0 bridgehead atoms. The Morgan fingerprint density at radius 1 is 1.04 bits per heavy atom. The molecule has 4 heteroatoms. The SMILES string of the molecule is Cc1ccc(N(Cc2ccco2)C(=O)CCc2c[nH]c3ccccc23)cc1. The van der Waals surface area contributed by atoms with E-state index in [1.807, 2.05) is 61.7 Å². The molecule has 4 aromatic rings. The molecule has 0 fully saturated rings. The Bertz CT molecular complexity index is 1030. The van der Waals surface area contributed by atoms with Crippen LogP contribution in [0.5, 0.6) is 0 Å². The summed E-state index contributed by atoms with van der Waals surface area (Å²) in [6, 6.07) is 19.9. The number of fused-ring (bicyclic) bond motifs is 1. The maximum Gasteiger partial charge on any atom is 0.227 e. The first-order valence-electron chi connectivity index (χ1n) is 9.15. The summed E-state index contributed by atoms with van der Waals surface area (Å²) in [6.07, 6.45) is 4.78. The van der Waals surface area contributed by atoms with Crippen LogP contribution in [0.2, 0.25) is 0 Å². The van der Waals surface area contributed by atoms with Gasteiger partial charge in [0.15, 0.2) is 0 Å². The molecule has 0 aliphatic heterocycles. The van der Waals surface area contributed by atoms with Gasteiger partial charge in [0.25, 0.3) is 0 Å². The molecule has 0 unspecified atom stereocenters. The number of para-hydroxylation sites is 1. The lowest BCUT2D eigenvalue weighted by Crippen LogP contribution is -2.30. The Hall–Kier alpha value is -3.27. The zero-order valence-corrected chi connectivity index (χ0v) is 15.3. The average Bonchev–Trinajstić information content (AvgIpc) is 3.35. The summed E-state index contributed by atoms with van der Waals surface area (Å²) >= 11 is 0. The lowest BCUT2D eigenvalue weighted by molar-refractivity contribution is -0.118. The highest BCUT2D eigenvalue weighted by atomic mass is 16.3. The number of aromatic nitrogens is 1. The average molecular weight is 358 g/mol. The Balaban J connectivity index is 1.53. The van der Waals surface area contributed by atoms with Gasteiger partial charge in [-0.05, 0) is 49.2 Å². The number of rotatable bonds is 6. The molecule has 0 aliphatic carbocycles. The lowest BCUT2D eigenvalue weighted by atomic mass is 10.1. The third kappa shape index (κ3) is 3.80. The largest absolute Gasteiger partial charge is 0.467 e. The van der Waals surface area contributed by atoms with Crippen LogP contribution in [0, 0.1) is 6.92 Å². The number of H-pyrrole nitrogens is 1. The molecular weight excluding hydrogens is 336 g/mol. The summed E-state index contributed by atoms with van der Waals surface area (Å²) in [5.74, 6) is 0.858. The van der Waals surface area contributed by atoms with Gasteiger partial charge < -0.3 is 14.3 Å². The van der Waals surface area contributed by atoms with Crippen molar-refractivity contribution in [2.75, 3.05) is 4.90 Å².